The highest BCUT2D eigenvalue weighted by Gasteiger charge is 2.27. The molecule has 34 heavy (non-hydrogen) atoms. The number of likely N-dealkylation sites (tertiary alicyclic amines) is 1. The van der Waals surface area contributed by atoms with Crippen molar-refractivity contribution >= 4 is 50.1 Å². The van der Waals surface area contributed by atoms with Gasteiger partial charge in [-0.05, 0) is 36.4 Å². The second kappa shape index (κ2) is 9.23. The number of para-hydroxylation sites is 1. The van der Waals surface area contributed by atoms with Crippen molar-refractivity contribution in [2.45, 2.75) is 12.8 Å². The van der Waals surface area contributed by atoms with Crippen molar-refractivity contribution in [2.24, 2.45) is 11.7 Å². The van der Waals surface area contributed by atoms with Gasteiger partial charge in [0.15, 0.2) is 6.61 Å². The fourth-order valence-electron chi connectivity index (χ4n) is 4.39. The summed E-state index contributed by atoms with van der Waals surface area (Å²) in [4.78, 5) is 43.4. The van der Waals surface area contributed by atoms with Gasteiger partial charge in [0.2, 0.25) is 5.91 Å². The molecule has 0 spiro atoms. The molecule has 2 N–H and O–H groups in total. The fourth-order valence-corrected chi connectivity index (χ4v) is 5.38. The number of primary amides is 1. The molecule has 0 aliphatic carbocycles. The topological polar surface area (TPSA) is 103 Å². The predicted octanol–water partition coefficient (Wildman–Crippen LogP) is 4.00. The number of aromatic nitrogens is 1. The van der Waals surface area contributed by atoms with Crippen molar-refractivity contribution in [3.05, 3.63) is 66.2 Å². The minimum atomic E-state index is -0.556. The van der Waals surface area contributed by atoms with E-state index in [0.717, 1.165) is 31.6 Å². The van der Waals surface area contributed by atoms with Crippen LogP contribution in [0.3, 0.4) is 0 Å². The molecule has 1 aliphatic heterocycles. The quantitative estimate of drug-likeness (QED) is 0.442. The van der Waals surface area contributed by atoms with E-state index in [4.69, 9.17) is 15.5 Å². The summed E-state index contributed by atoms with van der Waals surface area (Å²) in [6.45, 7) is 0.514. The van der Waals surface area contributed by atoms with Crippen LogP contribution in [0.1, 0.15) is 23.2 Å². The maximum absolute atomic E-state index is 13.1. The number of carbonyl (C=O) groups is 3. The molecule has 0 bridgehead atoms. The average molecular weight is 474 g/mol. The highest BCUT2D eigenvalue weighted by molar-refractivity contribution is 7.21. The van der Waals surface area contributed by atoms with Crippen LogP contribution in [-0.4, -0.2) is 47.4 Å². The van der Waals surface area contributed by atoms with Crippen LogP contribution in [0.25, 0.3) is 31.6 Å². The first-order chi connectivity index (χ1) is 16.5. The fraction of sp³-hybridized carbons (Fsp3) is 0.231. The molecule has 5 rings (SSSR count). The molecule has 2 heterocycles. The highest BCUT2D eigenvalue weighted by Crippen LogP contribution is 2.36. The van der Waals surface area contributed by atoms with E-state index in [0.29, 0.717) is 31.5 Å². The van der Waals surface area contributed by atoms with Gasteiger partial charge in [0.25, 0.3) is 5.91 Å². The molecular formula is C26H23N3O4S. The summed E-state index contributed by atoms with van der Waals surface area (Å²) >= 11 is 1.57. The zero-order valence-electron chi connectivity index (χ0n) is 18.4. The second-order valence-electron chi connectivity index (χ2n) is 8.33. The molecule has 172 valence electrons. The van der Waals surface area contributed by atoms with Gasteiger partial charge in [0.05, 0.1) is 15.8 Å². The summed E-state index contributed by atoms with van der Waals surface area (Å²) in [5.74, 6) is -1.37. The van der Waals surface area contributed by atoms with Gasteiger partial charge in [0, 0.05) is 30.0 Å². The zero-order chi connectivity index (χ0) is 23.7. The number of nitrogens with zero attached hydrogens (tertiary/aromatic N) is 2. The number of esters is 1. The molecular weight excluding hydrogens is 450 g/mol. The maximum atomic E-state index is 13.1. The number of amides is 2. The van der Waals surface area contributed by atoms with Crippen molar-refractivity contribution in [3.63, 3.8) is 0 Å². The van der Waals surface area contributed by atoms with Crippen LogP contribution in [0.5, 0.6) is 0 Å². The summed E-state index contributed by atoms with van der Waals surface area (Å²) in [6.07, 6.45) is 1.06. The van der Waals surface area contributed by atoms with Gasteiger partial charge >= 0.3 is 5.97 Å². The normalized spacial score (nSPS) is 14.4. The molecule has 8 heteroatoms. The summed E-state index contributed by atoms with van der Waals surface area (Å²) in [5, 5.41) is 2.47. The van der Waals surface area contributed by atoms with E-state index < -0.39 is 5.97 Å². The molecule has 1 saturated heterocycles. The third-order valence-corrected chi connectivity index (χ3v) is 7.30. The van der Waals surface area contributed by atoms with Crippen molar-refractivity contribution in [1.82, 2.24) is 9.88 Å². The number of ether oxygens (including phenoxy) is 1. The lowest BCUT2D eigenvalue weighted by Crippen LogP contribution is -2.43. The van der Waals surface area contributed by atoms with Crippen LogP contribution in [0.15, 0.2) is 60.7 Å². The summed E-state index contributed by atoms with van der Waals surface area (Å²) < 4.78 is 6.51. The molecule has 7 nitrogen and oxygen atoms in total. The molecule has 0 unspecified atom stereocenters. The molecule has 4 aromatic rings. The Balaban J connectivity index is 1.38. The van der Waals surface area contributed by atoms with E-state index in [2.05, 4.69) is 0 Å². The third kappa shape index (κ3) is 4.24. The third-order valence-electron chi connectivity index (χ3n) is 6.23. The number of hydrogen-bond donors (Lipinski definition) is 1. The first-order valence-electron chi connectivity index (χ1n) is 11.1. The lowest BCUT2D eigenvalue weighted by atomic mass is 9.96. The number of thiazole rings is 1. The Bertz CT molecular complexity index is 1370. The van der Waals surface area contributed by atoms with Gasteiger partial charge in [0.1, 0.15) is 5.01 Å². The first kappa shape index (κ1) is 22.0. The number of carbonyl (C=O) groups excluding carboxylic acids is 3. The molecule has 1 fully saturated rings. The number of rotatable bonds is 5. The Kier molecular flexibility index (Phi) is 5.98. The van der Waals surface area contributed by atoms with Gasteiger partial charge in [-0.3, -0.25) is 9.59 Å². The van der Waals surface area contributed by atoms with E-state index >= 15 is 0 Å². The first-order valence-corrected chi connectivity index (χ1v) is 11.9. The predicted molar refractivity (Wildman–Crippen MR) is 131 cm³/mol. The highest BCUT2D eigenvalue weighted by atomic mass is 32.1. The standard InChI is InChI=1S/C26H23N3O4S/c27-24(31)17-11-13-29(14-12-17)22(30)15-33-26(32)19-8-4-6-16-5-3-7-18(23(16)19)25-28-20-9-1-2-10-21(20)34-25/h1-10,17H,11-15H2,(H2,27,31). The number of hydrogen-bond acceptors (Lipinski definition) is 6. The van der Waals surface area contributed by atoms with Crippen LogP contribution in [0.2, 0.25) is 0 Å². The van der Waals surface area contributed by atoms with Crippen LogP contribution in [0, 0.1) is 5.92 Å². The summed E-state index contributed by atoms with van der Waals surface area (Å²) in [6, 6.07) is 19.2. The van der Waals surface area contributed by atoms with E-state index in [-0.39, 0.29) is 24.3 Å². The summed E-state index contributed by atoms with van der Waals surface area (Å²) in [5.41, 5.74) is 7.51. The van der Waals surface area contributed by atoms with E-state index in [1.807, 2.05) is 48.5 Å². The minimum absolute atomic E-state index is 0.205. The molecule has 1 aliphatic rings. The lowest BCUT2D eigenvalue weighted by molar-refractivity contribution is -0.137. The maximum Gasteiger partial charge on any atom is 0.339 e. The van der Waals surface area contributed by atoms with E-state index in [1.165, 1.54) is 0 Å². The number of nitrogens with two attached hydrogens (primary N) is 1. The number of fused-ring (bicyclic) bond motifs is 2. The van der Waals surface area contributed by atoms with Crippen molar-refractivity contribution < 1.29 is 19.1 Å². The molecule has 2 amide bonds. The van der Waals surface area contributed by atoms with Crippen molar-refractivity contribution in [2.75, 3.05) is 19.7 Å². The second-order valence-corrected chi connectivity index (χ2v) is 9.36. The van der Waals surface area contributed by atoms with Gasteiger partial charge in [-0.2, -0.15) is 0 Å². The van der Waals surface area contributed by atoms with Crippen LogP contribution in [0.4, 0.5) is 0 Å². The molecule has 0 atom stereocenters. The van der Waals surface area contributed by atoms with E-state index in [1.54, 1.807) is 28.4 Å². The monoisotopic (exact) mass is 473 g/mol. The Labute approximate surface area is 200 Å². The Morgan fingerprint density at radius 3 is 2.47 bits per heavy atom. The lowest BCUT2D eigenvalue weighted by Gasteiger charge is -2.30. The van der Waals surface area contributed by atoms with Crippen LogP contribution < -0.4 is 5.73 Å². The van der Waals surface area contributed by atoms with Crippen molar-refractivity contribution in [3.8, 4) is 10.6 Å². The SMILES string of the molecule is NC(=O)C1CCN(C(=O)COC(=O)c2cccc3cccc(-c4nc5ccccc5s4)c23)CC1. The average Bonchev–Trinajstić information content (AvgIpc) is 3.30. The van der Waals surface area contributed by atoms with Crippen LogP contribution in [-0.2, 0) is 14.3 Å². The van der Waals surface area contributed by atoms with Gasteiger partial charge in [-0.25, -0.2) is 9.78 Å². The zero-order valence-corrected chi connectivity index (χ0v) is 19.2. The van der Waals surface area contributed by atoms with Crippen molar-refractivity contribution in [1.29, 1.82) is 0 Å². The Hall–Kier alpha value is -3.78. The van der Waals surface area contributed by atoms with E-state index in [9.17, 15) is 14.4 Å². The Morgan fingerprint density at radius 2 is 1.74 bits per heavy atom. The number of benzene rings is 3. The molecule has 1 aromatic heterocycles. The molecule has 0 saturated carbocycles. The van der Waals surface area contributed by atoms with Gasteiger partial charge in [-0.1, -0.05) is 42.5 Å². The summed E-state index contributed by atoms with van der Waals surface area (Å²) in [7, 11) is 0. The number of piperidine rings is 1. The Morgan fingerprint density at radius 1 is 1.00 bits per heavy atom. The molecule has 3 aromatic carbocycles. The smallest absolute Gasteiger partial charge is 0.339 e. The van der Waals surface area contributed by atoms with Gasteiger partial charge in [-0.15, -0.1) is 11.3 Å². The van der Waals surface area contributed by atoms with Crippen LogP contribution >= 0.6 is 11.3 Å². The van der Waals surface area contributed by atoms with Gasteiger partial charge < -0.3 is 15.4 Å². The largest absolute Gasteiger partial charge is 0.452 e. The minimum Gasteiger partial charge on any atom is -0.452 e. The molecule has 0 radical (unpaired) electrons.